The molecule has 0 amide bonds. The van der Waals surface area contributed by atoms with Crippen molar-refractivity contribution in [2.75, 3.05) is 20.4 Å². The number of nitrogens with zero attached hydrogens (tertiary/aromatic N) is 1. The molecule has 15 heavy (non-hydrogen) atoms. The van der Waals surface area contributed by atoms with Crippen LogP contribution in [0, 0.1) is 0 Å². The average molecular weight is 243 g/mol. The number of hydrogen-bond donors (Lipinski definition) is 0. The zero-order valence-corrected chi connectivity index (χ0v) is 10.5. The summed E-state index contributed by atoms with van der Waals surface area (Å²) < 4.78 is 37.0. The summed E-state index contributed by atoms with van der Waals surface area (Å²) >= 11 is 0. The Bertz CT molecular complexity index is 232. The summed E-state index contributed by atoms with van der Waals surface area (Å²) in [7, 11) is 1.61. The van der Waals surface area contributed by atoms with E-state index in [1.807, 2.05) is 0 Å². The standard InChI is InChI=1S/C9H17F3NOP/c1-8(2,3)15(6-13(4)5)7(14)9(10,11)12/h6H2,1-5H3. The lowest BCUT2D eigenvalue weighted by molar-refractivity contribution is -0.161. The fourth-order valence-electron chi connectivity index (χ4n) is 1.02. The fourth-order valence-corrected chi connectivity index (χ4v) is 3.05. The Balaban J connectivity index is 4.89. The predicted octanol–water partition coefficient (Wildman–Crippen LogP) is 2.87. The van der Waals surface area contributed by atoms with Crippen molar-refractivity contribution in [3.8, 4) is 0 Å². The van der Waals surface area contributed by atoms with Crippen molar-refractivity contribution in [3.05, 3.63) is 0 Å². The van der Waals surface area contributed by atoms with Gasteiger partial charge in [0.2, 0.25) is 0 Å². The Kier molecular flexibility index (Phi) is 4.74. The van der Waals surface area contributed by atoms with Crippen molar-refractivity contribution in [2.24, 2.45) is 0 Å². The molecule has 0 N–H and O–H groups in total. The monoisotopic (exact) mass is 243 g/mol. The lowest BCUT2D eigenvalue weighted by Crippen LogP contribution is -2.32. The van der Waals surface area contributed by atoms with Gasteiger partial charge in [-0.15, -0.1) is 0 Å². The molecule has 0 bridgehead atoms. The van der Waals surface area contributed by atoms with E-state index < -0.39 is 24.8 Å². The maximum atomic E-state index is 12.3. The zero-order valence-electron chi connectivity index (χ0n) is 9.64. The molecular formula is C9H17F3NOP. The molecule has 0 heterocycles. The molecule has 0 aliphatic carbocycles. The van der Waals surface area contributed by atoms with Crippen LogP contribution in [0.2, 0.25) is 0 Å². The molecule has 0 aliphatic heterocycles. The minimum atomic E-state index is -4.71. The number of carbonyl (C=O) groups is 1. The smallest absolute Gasteiger partial charge is 0.305 e. The molecule has 0 rings (SSSR count). The maximum Gasteiger partial charge on any atom is 0.454 e. The van der Waals surface area contributed by atoms with Gasteiger partial charge >= 0.3 is 6.18 Å². The summed E-state index contributed by atoms with van der Waals surface area (Å²) in [4.78, 5) is 12.8. The van der Waals surface area contributed by atoms with Crippen molar-refractivity contribution >= 4 is 13.4 Å². The first-order valence-corrected chi connectivity index (χ1v) is 6.02. The molecule has 6 heteroatoms. The third kappa shape index (κ3) is 4.94. The number of alkyl halides is 3. The van der Waals surface area contributed by atoms with E-state index in [-0.39, 0.29) is 6.29 Å². The first-order chi connectivity index (χ1) is 6.46. The molecule has 0 spiro atoms. The first-order valence-electron chi connectivity index (χ1n) is 4.50. The highest BCUT2D eigenvalue weighted by Crippen LogP contribution is 2.53. The highest BCUT2D eigenvalue weighted by Gasteiger charge is 2.47. The van der Waals surface area contributed by atoms with E-state index in [0.29, 0.717) is 0 Å². The predicted molar refractivity (Wildman–Crippen MR) is 56.3 cm³/mol. The van der Waals surface area contributed by atoms with E-state index in [1.165, 1.54) is 0 Å². The Labute approximate surface area is 89.6 Å². The quantitative estimate of drug-likeness (QED) is 0.710. The van der Waals surface area contributed by atoms with Gasteiger partial charge in [0.25, 0.3) is 5.52 Å². The molecule has 90 valence electrons. The molecule has 0 aromatic carbocycles. The van der Waals surface area contributed by atoms with Gasteiger partial charge in [-0.1, -0.05) is 20.8 Å². The molecule has 0 aromatic heterocycles. The largest absolute Gasteiger partial charge is 0.454 e. The van der Waals surface area contributed by atoms with Crippen LogP contribution in [0.5, 0.6) is 0 Å². The molecule has 0 radical (unpaired) electrons. The number of halogens is 3. The Hall–Kier alpha value is -0.150. The number of hydrogen-bond acceptors (Lipinski definition) is 2. The van der Waals surface area contributed by atoms with Crippen LogP contribution in [0.25, 0.3) is 0 Å². The second-order valence-electron chi connectivity index (χ2n) is 4.62. The van der Waals surface area contributed by atoms with Gasteiger partial charge in [-0.05, 0) is 27.2 Å². The van der Waals surface area contributed by atoms with Crippen LogP contribution < -0.4 is 0 Å². The summed E-state index contributed by atoms with van der Waals surface area (Å²) in [5, 5.41) is -0.619. The minimum absolute atomic E-state index is 0.178. The Morgan fingerprint density at radius 2 is 1.60 bits per heavy atom. The van der Waals surface area contributed by atoms with Gasteiger partial charge in [-0.3, -0.25) is 4.79 Å². The van der Waals surface area contributed by atoms with Gasteiger partial charge < -0.3 is 4.90 Å². The molecule has 1 unspecified atom stereocenters. The fraction of sp³-hybridized carbons (Fsp3) is 0.889. The van der Waals surface area contributed by atoms with E-state index in [2.05, 4.69) is 0 Å². The van der Waals surface area contributed by atoms with Gasteiger partial charge in [0.05, 0.1) is 0 Å². The molecule has 0 aliphatic rings. The van der Waals surface area contributed by atoms with Crippen molar-refractivity contribution in [1.29, 1.82) is 0 Å². The third-order valence-electron chi connectivity index (χ3n) is 1.72. The average Bonchev–Trinajstić information content (AvgIpc) is 1.94. The van der Waals surface area contributed by atoms with Crippen LogP contribution in [0.15, 0.2) is 0 Å². The molecule has 1 atom stereocenters. The van der Waals surface area contributed by atoms with Gasteiger partial charge in [0.15, 0.2) is 0 Å². The Morgan fingerprint density at radius 3 is 1.80 bits per heavy atom. The molecule has 2 nitrogen and oxygen atoms in total. The van der Waals surface area contributed by atoms with E-state index in [0.717, 1.165) is 0 Å². The van der Waals surface area contributed by atoms with E-state index >= 15 is 0 Å². The Morgan fingerprint density at radius 1 is 1.20 bits per heavy atom. The van der Waals surface area contributed by atoms with Crippen LogP contribution in [0.1, 0.15) is 20.8 Å². The van der Waals surface area contributed by atoms with Crippen LogP contribution in [-0.4, -0.2) is 42.1 Å². The first kappa shape index (κ1) is 14.8. The molecule has 0 saturated heterocycles. The zero-order chi connectivity index (χ0) is 12.4. The topological polar surface area (TPSA) is 20.3 Å². The van der Waals surface area contributed by atoms with E-state index in [4.69, 9.17) is 0 Å². The molecular weight excluding hydrogens is 226 g/mol. The summed E-state index contributed by atoms with van der Waals surface area (Å²) in [6.07, 6.45) is -4.54. The maximum absolute atomic E-state index is 12.3. The van der Waals surface area contributed by atoms with E-state index in [1.54, 1.807) is 39.8 Å². The molecule has 0 saturated carbocycles. The highest BCUT2D eigenvalue weighted by molar-refractivity contribution is 7.76. The summed E-state index contributed by atoms with van der Waals surface area (Å²) in [5.74, 6) is 0. The third-order valence-corrected chi connectivity index (χ3v) is 4.93. The van der Waals surface area contributed by atoms with Crippen LogP contribution in [-0.2, 0) is 4.79 Å². The summed E-state index contributed by atoms with van der Waals surface area (Å²) in [6.45, 7) is 5.02. The number of carbonyl (C=O) groups excluding carboxylic acids is 1. The molecule has 0 fully saturated rings. The van der Waals surface area contributed by atoms with Crippen LogP contribution >= 0.6 is 7.92 Å². The second-order valence-corrected chi connectivity index (χ2v) is 7.51. The van der Waals surface area contributed by atoms with Crippen molar-refractivity contribution in [3.63, 3.8) is 0 Å². The van der Waals surface area contributed by atoms with Crippen LogP contribution in [0.3, 0.4) is 0 Å². The van der Waals surface area contributed by atoms with Crippen LogP contribution in [0.4, 0.5) is 13.2 Å². The van der Waals surface area contributed by atoms with Gasteiger partial charge in [0, 0.05) is 6.29 Å². The van der Waals surface area contributed by atoms with Gasteiger partial charge in [0.1, 0.15) is 0 Å². The van der Waals surface area contributed by atoms with Gasteiger partial charge in [-0.25, -0.2) is 0 Å². The lowest BCUT2D eigenvalue weighted by atomic mass is 10.3. The van der Waals surface area contributed by atoms with Crippen molar-refractivity contribution in [2.45, 2.75) is 32.1 Å². The molecule has 0 aromatic rings. The van der Waals surface area contributed by atoms with Crippen molar-refractivity contribution in [1.82, 2.24) is 4.90 Å². The summed E-state index contributed by atoms with van der Waals surface area (Å²) in [6, 6.07) is 0. The lowest BCUT2D eigenvalue weighted by Gasteiger charge is -2.32. The van der Waals surface area contributed by atoms with E-state index in [9.17, 15) is 18.0 Å². The van der Waals surface area contributed by atoms with Crippen molar-refractivity contribution < 1.29 is 18.0 Å². The minimum Gasteiger partial charge on any atom is -0.305 e. The normalized spacial score (nSPS) is 15.5. The summed E-state index contributed by atoms with van der Waals surface area (Å²) in [5.41, 5.74) is -1.57. The van der Waals surface area contributed by atoms with Gasteiger partial charge in [-0.2, -0.15) is 13.2 Å². The SMILES string of the molecule is CN(C)CP(C(=O)C(F)(F)F)C(C)(C)C. The number of rotatable bonds is 3. The second kappa shape index (κ2) is 4.79. The highest BCUT2D eigenvalue weighted by atomic mass is 31.1.